The van der Waals surface area contributed by atoms with E-state index >= 15 is 0 Å². The largest absolute Gasteiger partial charge is 0.395 e. The highest BCUT2D eigenvalue weighted by atomic mass is 19.4. The summed E-state index contributed by atoms with van der Waals surface area (Å²) in [7, 11) is 0. The average Bonchev–Trinajstić information content (AvgIpc) is 2.84. The van der Waals surface area contributed by atoms with E-state index in [0.29, 0.717) is 0 Å². The molecule has 0 amide bonds. The minimum Gasteiger partial charge on any atom is -0.330 e. The number of aromatic nitrogens is 2. The molecule has 1 unspecified atom stereocenters. The van der Waals surface area contributed by atoms with Crippen LogP contribution >= 0.6 is 0 Å². The van der Waals surface area contributed by atoms with Gasteiger partial charge in [0.1, 0.15) is 0 Å². The quantitative estimate of drug-likeness (QED) is 0.927. The van der Waals surface area contributed by atoms with E-state index in [1.165, 1.54) is 17.1 Å². The zero-order valence-electron chi connectivity index (χ0n) is 10.1. The molecule has 1 aromatic heterocycles. The molecule has 0 aliphatic heterocycles. The standard InChI is InChI=1S/C13H14F3N3/c14-13(15,16)12(6-7-17)10-8-18-19(9-10)11-4-2-1-3-5-11/h1-5,8-9,12H,6-7,17H2. The van der Waals surface area contributed by atoms with Gasteiger partial charge in [0.05, 0.1) is 17.8 Å². The number of nitrogens with two attached hydrogens (primary N) is 1. The molecule has 0 bridgehead atoms. The van der Waals surface area contributed by atoms with Gasteiger partial charge in [0.15, 0.2) is 0 Å². The molecule has 102 valence electrons. The zero-order valence-corrected chi connectivity index (χ0v) is 10.1. The van der Waals surface area contributed by atoms with Gasteiger partial charge in [-0.2, -0.15) is 18.3 Å². The topological polar surface area (TPSA) is 43.8 Å². The first kappa shape index (κ1) is 13.6. The average molecular weight is 269 g/mol. The van der Waals surface area contributed by atoms with Crippen molar-refractivity contribution in [2.45, 2.75) is 18.5 Å². The van der Waals surface area contributed by atoms with E-state index in [1.807, 2.05) is 6.07 Å². The van der Waals surface area contributed by atoms with Crippen molar-refractivity contribution in [3.8, 4) is 5.69 Å². The number of alkyl halides is 3. The number of hydrogen-bond donors (Lipinski definition) is 1. The number of nitrogens with zero attached hydrogens (tertiary/aromatic N) is 2. The van der Waals surface area contributed by atoms with Gasteiger partial charge in [-0.25, -0.2) is 4.68 Å². The minimum atomic E-state index is -4.30. The fourth-order valence-corrected chi connectivity index (χ4v) is 1.92. The van der Waals surface area contributed by atoms with E-state index in [2.05, 4.69) is 5.10 Å². The molecule has 0 spiro atoms. The van der Waals surface area contributed by atoms with Crippen LogP contribution in [0.4, 0.5) is 13.2 Å². The Hall–Kier alpha value is -1.82. The van der Waals surface area contributed by atoms with Crippen LogP contribution in [0.5, 0.6) is 0 Å². The second-order valence-electron chi connectivity index (χ2n) is 4.23. The number of halogens is 3. The van der Waals surface area contributed by atoms with Crippen LogP contribution in [0.2, 0.25) is 0 Å². The van der Waals surface area contributed by atoms with Crippen LogP contribution in [0, 0.1) is 0 Å². The highest BCUT2D eigenvalue weighted by molar-refractivity contribution is 5.31. The van der Waals surface area contributed by atoms with Gasteiger partial charge >= 0.3 is 6.18 Å². The lowest BCUT2D eigenvalue weighted by Gasteiger charge is -2.17. The predicted octanol–water partition coefficient (Wildman–Crippen LogP) is 2.87. The fraction of sp³-hybridized carbons (Fsp3) is 0.308. The Balaban J connectivity index is 2.29. The third-order valence-electron chi connectivity index (χ3n) is 2.88. The number of hydrogen-bond acceptors (Lipinski definition) is 2. The lowest BCUT2D eigenvalue weighted by molar-refractivity contribution is -0.151. The Morgan fingerprint density at radius 3 is 2.47 bits per heavy atom. The van der Waals surface area contributed by atoms with Crippen LogP contribution in [-0.4, -0.2) is 22.5 Å². The Morgan fingerprint density at radius 1 is 1.21 bits per heavy atom. The molecule has 1 atom stereocenters. The number of para-hydroxylation sites is 1. The summed E-state index contributed by atoms with van der Waals surface area (Å²) in [6.45, 7) is -0.0132. The molecule has 0 aliphatic rings. The molecule has 2 aromatic rings. The van der Waals surface area contributed by atoms with Crippen molar-refractivity contribution in [2.24, 2.45) is 5.73 Å². The molecule has 6 heteroatoms. The van der Waals surface area contributed by atoms with Crippen LogP contribution in [0.1, 0.15) is 17.9 Å². The second kappa shape index (κ2) is 5.44. The van der Waals surface area contributed by atoms with E-state index in [4.69, 9.17) is 5.73 Å². The second-order valence-corrected chi connectivity index (χ2v) is 4.23. The highest BCUT2D eigenvalue weighted by Crippen LogP contribution is 2.37. The molecule has 1 heterocycles. The summed E-state index contributed by atoms with van der Waals surface area (Å²) in [5.74, 6) is -1.56. The van der Waals surface area contributed by atoms with Gasteiger partial charge in [-0.05, 0) is 25.1 Å². The van der Waals surface area contributed by atoms with E-state index in [9.17, 15) is 13.2 Å². The first-order valence-corrected chi connectivity index (χ1v) is 5.89. The van der Waals surface area contributed by atoms with Crippen molar-refractivity contribution in [3.05, 3.63) is 48.3 Å². The molecule has 2 N–H and O–H groups in total. The van der Waals surface area contributed by atoms with E-state index in [1.54, 1.807) is 24.3 Å². The molecule has 2 rings (SSSR count). The summed E-state index contributed by atoms with van der Waals surface area (Å²) >= 11 is 0. The molecular weight excluding hydrogens is 255 g/mol. The minimum absolute atomic E-state index is 0.0132. The van der Waals surface area contributed by atoms with Crippen LogP contribution < -0.4 is 5.73 Å². The summed E-state index contributed by atoms with van der Waals surface area (Å²) in [6, 6.07) is 9.00. The molecule has 0 radical (unpaired) electrons. The maximum atomic E-state index is 12.9. The summed E-state index contributed by atoms with van der Waals surface area (Å²) in [5.41, 5.74) is 6.12. The molecule has 3 nitrogen and oxygen atoms in total. The van der Waals surface area contributed by atoms with Crippen LogP contribution in [0.3, 0.4) is 0 Å². The van der Waals surface area contributed by atoms with Gasteiger partial charge in [0.25, 0.3) is 0 Å². The first-order valence-electron chi connectivity index (χ1n) is 5.89. The number of rotatable bonds is 4. The van der Waals surface area contributed by atoms with Crippen molar-refractivity contribution < 1.29 is 13.2 Å². The first-order chi connectivity index (χ1) is 9.02. The summed E-state index contributed by atoms with van der Waals surface area (Å²) in [4.78, 5) is 0. The van der Waals surface area contributed by atoms with Crippen molar-refractivity contribution in [3.63, 3.8) is 0 Å². The van der Waals surface area contributed by atoms with E-state index in [-0.39, 0.29) is 18.5 Å². The molecule has 19 heavy (non-hydrogen) atoms. The van der Waals surface area contributed by atoms with Crippen LogP contribution in [0.15, 0.2) is 42.7 Å². The zero-order chi connectivity index (χ0) is 13.9. The Morgan fingerprint density at radius 2 is 1.89 bits per heavy atom. The van der Waals surface area contributed by atoms with Gasteiger partial charge in [-0.3, -0.25) is 0 Å². The van der Waals surface area contributed by atoms with E-state index in [0.717, 1.165) is 5.69 Å². The van der Waals surface area contributed by atoms with Gasteiger partial charge in [0.2, 0.25) is 0 Å². The summed E-state index contributed by atoms with van der Waals surface area (Å²) < 4.78 is 40.2. The van der Waals surface area contributed by atoms with Gasteiger partial charge in [-0.1, -0.05) is 18.2 Å². The van der Waals surface area contributed by atoms with Gasteiger partial charge in [0, 0.05) is 11.8 Å². The molecule has 0 saturated carbocycles. The van der Waals surface area contributed by atoms with Crippen molar-refractivity contribution in [1.82, 2.24) is 9.78 Å². The van der Waals surface area contributed by atoms with Crippen molar-refractivity contribution >= 4 is 0 Å². The summed E-state index contributed by atoms with van der Waals surface area (Å²) in [5, 5.41) is 3.98. The van der Waals surface area contributed by atoms with Crippen molar-refractivity contribution in [1.29, 1.82) is 0 Å². The Labute approximate surface area is 108 Å². The van der Waals surface area contributed by atoms with E-state index < -0.39 is 12.1 Å². The highest BCUT2D eigenvalue weighted by Gasteiger charge is 2.40. The van der Waals surface area contributed by atoms with Gasteiger partial charge in [-0.15, -0.1) is 0 Å². The fourth-order valence-electron chi connectivity index (χ4n) is 1.92. The monoisotopic (exact) mass is 269 g/mol. The third kappa shape index (κ3) is 3.14. The molecule has 0 aliphatic carbocycles. The molecular formula is C13H14F3N3. The summed E-state index contributed by atoms with van der Waals surface area (Å²) in [6.07, 6.45) is -1.78. The maximum Gasteiger partial charge on any atom is 0.395 e. The molecule has 1 aromatic carbocycles. The van der Waals surface area contributed by atoms with Gasteiger partial charge < -0.3 is 5.73 Å². The normalized spacial score (nSPS) is 13.5. The Bertz CT molecular complexity index is 519. The maximum absolute atomic E-state index is 12.9. The van der Waals surface area contributed by atoms with Crippen LogP contribution in [-0.2, 0) is 0 Å². The molecule has 0 fully saturated rings. The lowest BCUT2D eigenvalue weighted by Crippen LogP contribution is -2.23. The van der Waals surface area contributed by atoms with Crippen molar-refractivity contribution in [2.75, 3.05) is 6.54 Å². The lowest BCUT2D eigenvalue weighted by atomic mass is 9.98. The smallest absolute Gasteiger partial charge is 0.330 e. The van der Waals surface area contributed by atoms with Crippen LogP contribution in [0.25, 0.3) is 5.69 Å². The number of benzene rings is 1. The predicted molar refractivity (Wildman–Crippen MR) is 66.0 cm³/mol. The third-order valence-corrected chi connectivity index (χ3v) is 2.88. The SMILES string of the molecule is NCCC(c1cnn(-c2ccccc2)c1)C(F)(F)F. The Kier molecular flexibility index (Phi) is 3.90. The molecule has 0 saturated heterocycles.